The first-order chi connectivity index (χ1) is 10.1. The van der Waals surface area contributed by atoms with Crippen LogP contribution < -0.4 is 10.1 Å². The molecule has 0 fully saturated rings. The van der Waals surface area contributed by atoms with Crippen LogP contribution in [0.4, 0.5) is 5.69 Å². The average molecular weight is 306 g/mol. The van der Waals surface area contributed by atoms with Crippen molar-refractivity contribution in [2.75, 3.05) is 19.5 Å². The van der Waals surface area contributed by atoms with Crippen molar-refractivity contribution in [3.8, 4) is 5.75 Å². The molecule has 1 N–H and O–H groups in total. The maximum absolute atomic E-state index is 12.2. The van der Waals surface area contributed by atoms with Gasteiger partial charge in [0.15, 0.2) is 0 Å². The number of benzene rings is 2. The van der Waals surface area contributed by atoms with Crippen LogP contribution in [0.5, 0.6) is 5.75 Å². The Bertz CT molecular complexity index is 626. The molecule has 4 nitrogen and oxygen atoms in total. The van der Waals surface area contributed by atoms with Crippen LogP contribution in [0.3, 0.4) is 0 Å². The van der Waals surface area contributed by atoms with E-state index in [4.69, 9.17) is 21.1 Å². The summed E-state index contributed by atoms with van der Waals surface area (Å²) in [6.45, 7) is 0.520. The number of anilines is 1. The maximum Gasteiger partial charge on any atom is 0.255 e. The molecule has 0 aliphatic heterocycles. The number of methoxy groups -OCH3 is 2. The molecule has 2 aromatic carbocycles. The van der Waals surface area contributed by atoms with Crippen molar-refractivity contribution in [2.45, 2.75) is 6.61 Å². The SMILES string of the molecule is COCc1ccc(C(=O)Nc2ccc(OC)cc2Cl)cc1. The van der Waals surface area contributed by atoms with E-state index < -0.39 is 0 Å². The highest BCUT2D eigenvalue weighted by Crippen LogP contribution is 2.27. The lowest BCUT2D eigenvalue weighted by Crippen LogP contribution is -2.12. The van der Waals surface area contributed by atoms with Gasteiger partial charge < -0.3 is 14.8 Å². The Morgan fingerprint density at radius 1 is 1.14 bits per heavy atom. The molecule has 0 radical (unpaired) electrons. The quantitative estimate of drug-likeness (QED) is 0.915. The highest BCUT2D eigenvalue weighted by Gasteiger charge is 2.09. The zero-order chi connectivity index (χ0) is 15.2. The Morgan fingerprint density at radius 2 is 1.86 bits per heavy atom. The Morgan fingerprint density at radius 3 is 2.43 bits per heavy atom. The number of hydrogen-bond acceptors (Lipinski definition) is 3. The fourth-order valence-corrected chi connectivity index (χ4v) is 2.06. The van der Waals surface area contributed by atoms with Gasteiger partial charge in [-0.2, -0.15) is 0 Å². The van der Waals surface area contributed by atoms with Crippen molar-refractivity contribution < 1.29 is 14.3 Å². The summed E-state index contributed by atoms with van der Waals surface area (Å²) in [6, 6.07) is 12.3. The lowest BCUT2D eigenvalue weighted by molar-refractivity contribution is 0.102. The Balaban J connectivity index is 2.10. The van der Waals surface area contributed by atoms with Gasteiger partial charge in [0.1, 0.15) is 5.75 Å². The third kappa shape index (κ3) is 3.97. The molecule has 0 heterocycles. The van der Waals surface area contributed by atoms with E-state index in [1.165, 1.54) is 0 Å². The smallest absolute Gasteiger partial charge is 0.255 e. The fourth-order valence-electron chi connectivity index (χ4n) is 1.84. The van der Waals surface area contributed by atoms with Crippen LogP contribution in [0.15, 0.2) is 42.5 Å². The zero-order valence-corrected chi connectivity index (χ0v) is 12.6. The summed E-state index contributed by atoms with van der Waals surface area (Å²) in [5.74, 6) is 0.424. The van der Waals surface area contributed by atoms with Gasteiger partial charge in [-0.05, 0) is 29.8 Å². The molecular weight excluding hydrogens is 290 g/mol. The van der Waals surface area contributed by atoms with Crippen LogP contribution in [-0.4, -0.2) is 20.1 Å². The summed E-state index contributed by atoms with van der Waals surface area (Å²) in [5, 5.41) is 3.20. The number of ether oxygens (including phenoxy) is 2. The maximum atomic E-state index is 12.2. The largest absolute Gasteiger partial charge is 0.497 e. The van der Waals surface area contributed by atoms with Crippen molar-refractivity contribution in [3.63, 3.8) is 0 Å². The van der Waals surface area contributed by atoms with E-state index in [0.717, 1.165) is 5.56 Å². The second kappa shape index (κ2) is 7.11. The number of carbonyl (C=O) groups is 1. The molecule has 2 aromatic rings. The van der Waals surface area contributed by atoms with E-state index in [1.807, 2.05) is 12.1 Å². The standard InChI is InChI=1S/C16H16ClNO3/c1-20-10-11-3-5-12(6-4-11)16(19)18-15-8-7-13(21-2)9-14(15)17/h3-9H,10H2,1-2H3,(H,18,19). The molecule has 110 valence electrons. The molecule has 0 spiro atoms. The average Bonchev–Trinajstić information content (AvgIpc) is 2.50. The van der Waals surface area contributed by atoms with Gasteiger partial charge in [0.25, 0.3) is 5.91 Å². The Hall–Kier alpha value is -2.04. The van der Waals surface area contributed by atoms with Gasteiger partial charge in [0.2, 0.25) is 0 Å². The van der Waals surface area contributed by atoms with E-state index in [2.05, 4.69) is 5.32 Å². The Labute approximate surface area is 128 Å². The fraction of sp³-hybridized carbons (Fsp3) is 0.188. The van der Waals surface area contributed by atoms with Gasteiger partial charge >= 0.3 is 0 Å². The first-order valence-electron chi connectivity index (χ1n) is 6.37. The first-order valence-corrected chi connectivity index (χ1v) is 6.74. The molecule has 0 unspecified atom stereocenters. The highest BCUT2D eigenvalue weighted by molar-refractivity contribution is 6.34. The second-order valence-electron chi connectivity index (χ2n) is 4.43. The molecule has 0 bridgehead atoms. The predicted molar refractivity (Wildman–Crippen MR) is 83.1 cm³/mol. The molecule has 1 amide bonds. The van der Waals surface area contributed by atoms with Crippen LogP contribution in [0.1, 0.15) is 15.9 Å². The normalized spacial score (nSPS) is 10.2. The molecule has 0 saturated heterocycles. The van der Waals surface area contributed by atoms with Gasteiger partial charge in [-0.15, -0.1) is 0 Å². The summed E-state index contributed by atoms with van der Waals surface area (Å²) < 4.78 is 10.1. The van der Waals surface area contributed by atoms with Gasteiger partial charge in [0.05, 0.1) is 24.4 Å². The van der Waals surface area contributed by atoms with Crippen molar-refractivity contribution in [1.29, 1.82) is 0 Å². The number of carbonyl (C=O) groups excluding carboxylic acids is 1. The lowest BCUT2D eigenvalue weighted by Gasteiger charge is -2.09. The van der Waals surface area contributed by atoms with Crippen molar-refractivity contribution in [1.82, 2.24) is 0 Å². The van der Waals surface area contributed by atoms with Crippen molar-refractivity contribution >= 4 is 23.2 Å². The van der Waals surface area contributed by atoms with Gasteiger partial charge in [-0.3, -0.25) is 4.79 Å². The molecule has 0 aliphatic carbocycles. The number of amides is 1. The minimum absolute atomic E-state index is 0.217. The van der Waals surface area contributed by atoms with Crippen LogP contribution in [0.25, 0.3) is 0 Å². The van der Waals surface area contributed by atoms with E-state index in [0.29, 0.717) is 28.6 Å². The topological polar surface area (TPSA) is 47.6 Å². The van der Waals surface area contributed by atoms with E-state index in [-0.39, 0.29) is 5.91 Å². The predicted octanol–water partition coefficient (Wildman–Crippen LogP) is 3.75. The summed E-state index contributed by atoms with van der Waals surface area (Å²) in [6.07, 6.45) is 0. The summed E-state index contributed by atoms with van der Waals surface area (Å²) in [5.41, 5.74) is 2.11. The van der Waals surface area contributed by atoms with Crippen LogP contribution in [0, 0.1) is 0 Å². The van der Waals surface area contributed by atoms with Crippen molar-refractivity contribution in [3.05, 3.63) is 58.6 Å². The van der Waals surface area contributed by atoms with Gasteiger partial charge in [0, 0.05) is 18.7 Å². The minimum atomic E-state index is -0.217. The number of rotatable bonds is 5. The Kier molecular flexibility index (Phi) is 5.20. The highest BCUT2D eigenvalue weighted by atomic mass is 35.5. The van der Waals surface area contributed by atoms with Crippen LogP contribution in [-0.2, 0) is 11.3 Å². The number of halogens is 1. The third-order valence-electron chi connectivity index (χ3n) is 2.95. The van der Waals surface area contributed by atoms with Crippen LogP contribution in [0.2, 0.25) is 5.02 Å². The lowest BCUT2D eigenvalue weighted by atomic mass is 10.1. The molecule has 0 saturated carbocycles. The molecule has 0 atom stereocenters. The minimum Gasteiger partial charge on any atom is -0.497 e. The molecular formula is C16H16ClNO3. The first kappa shape index (κ1) is 15.4. The molecule has 0 aromatic heterocycles. The third-order valence-corrected chi connectivity index (χ3v) is 3.26. The van der Waals surface area contributed by atoms with Gasteiger partial charge in [-0.25, -0.2) is 0 Å². The van der Waals surface area contributed by atoms with Crippen molar-refractivity contribution in [2.24, 2.45) is 0 Å². The molecule has 21 heavy (non-hydrogen) atoms. The number of hydrogen-bond donors (Lipinski definition) is 1. The van der Waals surface area contributed by atoms with Crippen LogP contribution >= 0.6 is 11.6 Å². The van der Waals surface area contributed by atoms with E-state index >= 15 is 0 Å². The monoisotopic (exact) mass is 305 g/mol. The van der Waals surface area contributed by atoms with Gasteiger partial charge in [-0.1, -0.05) is 23.7 Å². The van der Waals surface area contributed by atoms with E-state index in [9.17, 15) is 4.79 Å². The summed E-state index contributed by atoms with van der Waals surface area (Å²) in [4.78, 5) is 12.2. The number of nitrogens with one attached hydrogen (secondary N) is 1. The molecule has 5 heteroatoms. The summed E-state index contributed by atoms with van der Waals surface area (Å²) in [7, 11) is 3.19. The van der Waals surface area contributed by atoms with E-state index in [1.54, 1.807) is 44.6 Å². The second-order valence-corrected chi connectivity index (χ2v) is 4.84. The molecule has 0 aliphatic rings. The molecule has 2 rings (SSSR count). The zero-order valence-electron chi connectivity index (χ0n) is 11.9. The summed E-state index contributed by atoms with van der Waals surface area (Å²) >= 11 is 6.09.